The molecule has 1 N–H and O–H groups in total. The molecule has 6 nitrogen and oxygen atoms in total. The van der Waals surface area contributed by atoms with Gasteiger partial charge in [0.2, 0.25) is 0 Å². The zero-order valence-corrected chi connectivity index (χ0v) is 10.8. The van der Waals surface area contributed by atoms with E-state index in [0.717, 1.165) is 12.5 Å². The number of rotatable bonds is 5. The Morgan fingerprint density at radius 1 is 1.57 bits per heavy atom. The molecule has 0 aliphatic carbocycles. The molecule has 2 aromatic rings. The second-order valence-electron chi connectivity index (χ2n) is 4.70. The largest absolute Gasteiger partial charge is 0.478 e. The molecule has 1 saturated heterocycles. The van der Waals surface area contributed by atoms with Gasteiger partial charge in [0.1, 0.15) is 5.52 Å². The third-order valence-electron chi connectivity index (χ3n) is 3.35. The average Bonchev–Trinajstić information content (AvgIpc) is 2.76. The first-order valence-corrected chi connectivity index (χ1v) is 6.33. The maximum absolute atomic E-state index is 12.4. The highest BCUT2D eigenvalue weighted by atomic mass is 19.3. The van der Waals surface area contributed by atoms with E-state index in [4.69, 9.17) is 9.84 Å². The summed E-state index contributed by atoms with van der Waals surface area (Å²) in [6.07, 6.45) is 2.41. The molecular weight excluding hydrogens is 286 g/mol. The van der Waals surface area contributed by atoms with Crippen LogP contribution in [0, 0.1) is 0 Å². The Bertz CT molecular complexity index is 682. The van der Waals surface area contributed by atoms with E-state index in [-0.39, 0.29) is 22.9 Å². The molecule has 2 heterocycles. The average molecular weight is 298 g/mol. The van der Waals surface area contributed by atoms with Crippen LogP contribution in [0.2, 0.25) is 0 Å². The fraction of sp³-hybridized carbons (Fsp3) is 0.385. The Labute approximate surface area is 117 Å². The molecular formula is C13H12F2N2O4. The predicted molar refractivity (Wildman–Crippen MR) is 67.7 cm³/mol. The molecule has 8 heteroatoms. The van der Waals surface area contributed by atoms with E-state index in [9.17, 15) is 13.6 Å². The van der Waals surface area contributed by atoms with Crippen molar-refractivity contribution in [2.24, 2.45) is 0 Å². The summed E-state index contributed by atoms with van der Waals surface area (Å²) in [5.74, 6) is -1.46. The van der Waals surface area contributed by atoms with Crippen molar-refractivity contribution in [3.63, 3.8) is 0 Å². The maximum atomic E-state index is 12.4. The van der Waals surface area contributed by atoms with Gasteiger partial charge in [0, 0.05) is 6.61 Å². The third-order valence-corrected chi connectivity index (χ3v) is 3.35. The predicted octanol–water partition coefficient (Wildman–Crippen LogP) is 2.12. The van der Waals surface area contributed by atoms with Gasteiger partial charge in [0.15, 0.2) is 5.75 Å². The summed E-state index contributed by atoms with van der Waals surface area (Å²) >= 11 is 0. The summed E-state index contributed by atoms with van der Waals surface area (Å²) in [7, 11) is 0. The number of benzene rings is 1. The van der Waals surface area contributed by atoms with E-state index in [1.165, 1.54) is 12.4 Å². The van der Waals surface area contributed by atoms with E-state index in [1.807, 2.05) is 0 Å². The molecule has 0 spiro atoms. The molecule has 1 aliphatic rings. The Hall–Kier alpha value is -2.22. The minimum Gasteiger partial charge on any atom is -0.478 e. The van der Waals surface area contributed by atoms with Crippen LogP contribution in [0.15, 0.2) is 18.5 Å². The van der Waals surface area contributed by atoms with Gasteiger partial charge in [-0.1, -0.05) is 0 Å². The minimum absolute atomic E-state index is 0.0374. The lowest BCUT2D eigenvalue weighted by atomic mass is 10.1. The summed E-state index contributed by atoms with van der Waals surface area (Å²) in [4.78, 5) is 15.1. The van der Waals surface area contributed by atoms with E-state index in [0.29, 0.717) is 18.7 Å². The number of hydrogen-bond donors (Lipinski definition) is 1. The molecule has 1 atom stereocenters. The van der Waals surface area contributed by atoms with Gasteiger partial charge < -0.3 is 19.1 Å². The molecule has 112 valence electrons. The number of hydrogen-bond acceptors (Lipinski definition) is 4. The van der Waals surface area contributed by atoms with Crippen molar-refractivity contribution in [2.75, 3.05) is 6.61 Å². The molecule has 1 aliphatic heterocycles. The number of carboxylic acids is 1. The van der Waals surface area contributed by atoms with Crippen molar-refractivity contribution in [1.82, 2.24) is 9.55 Å². The topological polar surface area (TPSA) is 73.6 Å². The molecule has 1 aromatic heterocycles. The number of carboxylic acid groups (broad SMARTS) is 1. The van der Waals surface area contributed by atoms with E-state index in [1.54, 1.807) is 4.57 Å². The lowest BCUT2D eigenvalue weighted by Crippen LogP contribution is -2.30. The lowest BCUT2D eigenvalue weighted by molar-refractivity contribution is -0.0587. The highest BCUT2D eigenvalue weighted by Gasteiger charge is 2.22. The summed E-state index contributed by atoms with van der Waals surface area (Å²) in [5, 5.41) is 9.07. The van der Waals surface area contributed by atoms with Crippen LogP contribution in [0.3, 0.4) is 0 Å². The fourth-order valence-electron chi connectivity index (χ4n) is 2.23. The van der Waals surface area contributed by atoms with Gasteiger partial charge in [0.05, 0.1) is 30.1 Å². The standard InChI is InChI=1S/C13H12F2N2O4/c14-13(15)21-10-4-7(12(18)19)3-9-11(10)16-6-17(9)5-8-1-2-20-8/h3-4,6,8,13H,1-2,5H2,(H,18,19)/t8-/m0/s1. The van der Waals surface area contributed by atoms with Gasteiger partial charge >= 0.3 is 12.6 Å². The van der Waals surface area contributed by atoms with Crippen molar-refractivity contribution in [2.45, 2.75) is 25.7 Å². The number of nitrogens with zero attached hydrogens (tertiary/aromatic N) is 2. The molecule has 0 bridgehead atoms. The van der Waals surface area contributed by atoms with E-state index in [2.05, 4.69) is 9.72 Å². The maximum Gasteiger partial charge on any atom is 0.387 e. The van der Waals surface area contributed by atoms with Gasteiger partial charge in [-0.05, 0) is 18.6 Å². The highest BCUT2D eigenvalue weighted by molar-refractivity contribution is 5.95. The normalized spacial score (nSPS) is 18.0. The quantitative estimate of drug-likeness (QED) is 0.915. The number of aromatic carboxylic acids is 1. The number of halogens is 2. The smallest absolute Gasteiger partial charge is 0.387 e. The Kier molecular flexibility index (Phi) is 3.46. The van der Waals surface area contributed by atoms with Gasteiger partial charge in [-0.15, -0.1) is 0 Å². The van der Waals surface area contributed by atoms with Crippen molar-refractivity contribution >= 4 is 17.0 Å². The van der Waals surface area contributed by atoms with Gasteiger partial charge in [-0.2, -0.15) is 8.78 Å². The van der Waals surface area contributed by atoms with Crippen LogP contribution in [-0.2, 0) is 11.3 Å². The van der Waals surface area contributed by atoms with Crippen LogP contribution in [-0.4, -0.2) is 39.9 Å². The number of fused-ring (bicyclic) bond motifs is 1. The lowest BCUT2D eigenvalue weighted by Gasteiger charge is -2.26. The number of ether oxygens (including phenoxy) is 2. The molecule has 1 aromatic carbocycles. The summed E-state index contributed by atoms with van der Waals surface area (Å²) in [6, 6.07) is 2.44. The van der Waals surface area contributed by atoms with Crippen LogP contribution < -0.4 is 4.74 Å². The Morgan fingerprint density at radius 2 is 2.33 bits per heavy atom. The fourth-order valence-corrected chi connectivity index (χ4v) is 2.23. The van der Waals surface area contributed by atoms with E-state index >= 15 is 0 Å². The number of aromatic nitrogens is 2. The van der Waals surface area contributed by atoms with Crippen LogP contribution in [0.4, 0.5) is 8.78 Å². The van der Waals surface area contributed by atoms with Gasteiger partial charge in [-0.3, -0.25) is 0 Å². The van der Waals surface area contributed by atoms with Crippen molar-refractivity contribution in [1.29, 1.82) is 0 Å². The first-order valence-electron chi connectivity index (χ1n) is 6.33. The van der Waals surface area contributed by atoms with Gasteiger partial charge in [-0.25, -0.2) is 9.78 Å². The monoisotopic (exact) mass is 298 g/mol. The van der Waals surface area contributed by atoms with Gasteiger partial charge in [0.25, 0.3) is 0 Å². The van der Waals surface area contributed by atoms with Crippen molar-refractivity contribution in [3.05, 3.63) is 24.0 Å². The van der Waals surface area contributed by atoms with Crippen LogP contribution in [0.5, 0.6) is 5.75 Å². The van der Waals surface area contributed by atoms with E-state index < -0.39 is 12.6 Å². The first-order chi connectivity index (χ1) is 10.0. The van der Waals surface area contributed by atoms with Crippen LogP contribution in [0.1, 0.15) is 16.8 Å². The van der Waals surface area contributed by atoms with Crippen LogP contribution in [0.25, 0.3) is 11.0 Å². The molecule has 0 amide bonds. The number of carbonyl (C=O) groups is 1. The van der Waals surface area contributed by atoms with Crippen LogP contribution >= 0.6 is 0 Å². The summed E-state index contributed by atoms with van der Waals surface area (Å²) in [6.45, 7) is -1.86. The van der Waals surface area contributed by atoms with Crippen molar-refractivity contribution in [3.8, 4) is 5.75 Å². The second kappa shape index (κ2) is 5.28. The third kappa shape index (κ3) is 2.66. The summed E-state index contributed by atoms with van der Waals surface area (Å²) in [5.41, 5.74) is 0.509. The first kappa shape index (κ1) is 13.7. The number of alkyl halides is 2. The summed E-state index contributed by atoms with van der Waals surface area (Å²) < 4.78 is 36.2. The molecule has 0 unspecified atom stereocenters. The van der Waals surface area contributed by atoms with Crippen molar-refractivity contribution < 1.29 is 28.2 Å². The molecule has 21 heavy (non-hydrogen) atoms. The second-order valence-corrected chi connectivity index (χ2v) is 4.70. The highest BCUT2D eigenvalue weighted by Crippen LogP contribution is 2.29. The molecule has 3 rings (SSSR count). The SMILES string of the molecule is O=C(O)c1cc(OC(F)F)c2ncn(C[C@@H]3CCO3)c2c1. The molecule has 0 saturated carbocycles. The Morgan fingerprint density at radius 3 is 2.90 bits per heavy atom. The number of imidazole rings is 1. The molecule has 1 fully saturated rings. The minimum atomic E-state index is -3.04. The molecule has 0 radical (unpaired) electrons. The zero-order chi connectivity index (χ0) is 15.0. The zero-order valence-electron chi connectivity index (χ0n) is 10.8. The Balaban J connectivity index is 2.05.